The quantitative estimate of drug-likeness (QED) is 0.705. The van der Waals surface area contributed by atoms with Gasteiger partial charge in [0.25, 0.3) is 5.91 Å². The standard InChI is InChI=1S/C20H21N3O/c1-16-6-2-7-17(14-16)18-8-3-9-19(15-18)20(24)21-10-4-12-23-13-5-11-22-23/h2-3,5-9,11,13-15H,4,10,12H2,1H3,(H,21,24). The highest BCUT2D eigenvalue weighted by Gasteiger charge is 2.07. The molecule has 1 N–H and O–H groups in total. The molecule has 3 rings (SSSR count). The summed E-state index contributed by atoms with van der Waals surface area (Å²) in [6, 6.07) is 17.9. The van der Waals surface area contributed by atoms with E-state index in [0.717, 1.165) is 24.1 Å². The number of aryl methyl sites for hydroxylation is 2. The van der Waals surface area contributed by atoms with Gasteiger partial charge in [0.2, 0.25) is 0 Å². The zero-order valence-corrected chi connectivity index (χ0v) is 13.8. The van der Waals surface area contributed by atoms with Crippen molar-refractivity contribution in [1.82, 2.24) is 15.1 Å². The summed E-state index contributed by atoms with van der Waals surface area (Å²) in [6.45, 7) is 3.50. The zero-order valence-electron chi connectivity index (χ0n) is 13.8. The fourth-order valence-corrected chi connectivity index (χ4v) is 2.64. The molecule has 0 unspecified atom stereocenters. The molecule has 0 bridgehead atoms. The highest BCUT2D eigenvalue weighted by molar-refractivity contribution is 5.95. The van der Waals surface area contributed by atoms with Gasteiger partial charge in [-0.25, -0.2) is 0 Å². The number of hydrogen-bond acceptors (Lipinski definition) is 2. The van der Waals surface area contributed by atoms with Crippen molar-refractivity contribution in [3.63, 3.8) is 0 Å². The minimum atomic E-state index is -0.0371. The first-order chi connectivity index (χ1) is 11.7. The second-order valence-electron chi connectivity index (χ2n) is 5.83. The van der Waals surface area contributed by atoms with Crippen LogP contribution in [0.4, 0.5) is 0 Å². The van der Waals surface area contributed by atoms with E-state index in [2.05, 4.69) is 35.5 Å². The maximum atomic E-state index is 12.3. The molecule has 4 heteroatoms. The fraction of sp³-hybridized carbons (Fsp3) is 0.200. The first kappa shape index (κ1) is 16.0. The van der Waals surface area contributed by atoms with E-state index in [4.69, 9.17) is 0 Å². The largest absolute Gasteiger partial charge is 0.352 e. The summed E-state index contributed by atoms with van der Waals surface area (Å²) in [6.07, 6.45) is 4.54. The second kappa shape index (κ2) is 7.59. The lowest BCUT2D eigenvalue weighted by molar-refractivity contribution is 0.0952. The number of carbonyl (C=O) groups is 1. The van der Waals surface area contributed by atoms with Crippen LogP contribution in [0.25, 0.3) is 11.1 Å². The number of carbonyl (C=O) groups excluding carboxylic acids is 1. The Kier molecular flexibility index (Phi) is 5.06. The number of rotatable bonds is 6. The second-order valence-corrected chi connectivity index (χ2v) is 5.83. The van der Waals surface area contributed by atoms with Crippen LogP contribution in [0.1, 0.15) is 22.3 Å². The summed E-state index contributed by atoms with van der Waals surface area (Å²) in [5.41, 5.74) is 4.08. The molecule has 1 heterocycles. The van der Waals surface area contributed by atoms with Gasteiger partial charge in [0, 0.05) is 31.0 Å². The van der Waals surface area contributed by atoms with E-state index in [9.17, 15) is 4.79 Å². The van der Waals surface area contributed by atoms with Crippen molar-refractivity contribution in [2.45, 2.75) is 19.9 Å². The maximum absolute atomic E-state index is 12.3. The number of hydrogen-bond donors (Lipinski definition) is 1. The van der Waals surface area contributed by atoms with Crippen LogP contribution in [-0.2, 0) is 6.54 Å². The summed E-state index contributed by atoms with van der Waals surface area (Å²) in [5, 5.41) is 7.12. The molecule has 1 amide bonds. The van der Waals surface area contributed by atoms with Gasteiger partial charge >= 0.3 is 0 Å². The Labute approximate surface area is 142 Å². The van der Waals surface area contributed by atoms with Crippen LogP contribution in [0, 0.1) is 6.92 Å². The number of amides is 1. The van der Waals surface area contributed by atoms with Crippen LogP contribution in [0.3, 0.4) is 0 Å². The Morgan fingerprint density at radius 1 is 1.08 bits per heavy atom. The first-order valence-corrected chi connectivity index (χ1v) is 8.15. The average Bonchev–Trinajstić information content (AvgIpc) is 3.12. The molecule has 3 aromatic rings. The molecule has 0 radical (unpaired) electrons. The van der Waals surface area contributed by atoms with E-state index >= 15 is 0 Å². The van der Waals surface area contributed by atoms with Gasteiger partial charge in [-0.05, 0) is 42.7 Å². The van der Waals surface area contributed by atoms with Gasteiger partial charge in [-0.3, -0.25) is 9.48 Å². The van der Waals surface area contributed by atoms with Crippen LogP contribution in [0.15, 0.2) is 67.0 Å². The molecule has 0 spiro atoms. The highest BCUT2D eigenvalue weighted by atomic mass is 16.1. The van der Waals surface area contributed by atoms with Crippen LogP contribution in [0.2, 0.25) is 0 Å². The van der Waals surface area contributed by atoms with Crippen LogP contribution >= 0.6 is 0 Å². The average molecular weight is 319 g/mol. The molecular weight excluding hydrogens is 298 g/mol. The van der Waals surface area contributed by atoms with E-state index < -0.39 is 0 Å². The molecule has 0 fully saturated rings. The van der Waals surface area contributed by atoms with Crippen LogP contribution in [-0.4, -0.2) is 22.2 Å². The molecule has 0 aliphatic heterocycles. The van der Waals surface area contributed by atoms with Gasteiger partial charge in [0.15, 0.2) is 0 Å². The predicted molar refractivity (Wildman–Crippen MR) is 95.8 cm³/mol. The van der Waals surface area contributed by atoms with E-state index in [1.165, 1.54) is 5.56 Å². The molecule has 0 aliphatic carbocycles. The summed E-state index contributed by atoms with van der Waals surface area (Å²) in [7, 11) is 0. The summed E-state index contributed by atoms with van der Waals surface area (Å²) >= 11 is 0. The Hall–Kier alpha value is -2.88. The molecule has 0 aliphatic rings. The Bertz CT molecular complexity index is 809. The maximum Gasteiger partial charge on any atom is 0.251 e. The van der Waals surface area contributed by atoms with Gasteiger partial charge in [0.05, 0.1) is 0 Å². The van der Waals surface area contributed by atoms with Gasteiger partial charge in [0.1, 0.15) is 0 Å². The Balaban J connectivity index is 1.60. The third-order valence-electron chi connectivity index (χ3n) is 3.88. The van der Waals surface area contributed by atoms with Crippen molar-refractivity contribution in [1.29, 1.82) is 0 Å². The lowest BCUT2D eigenvalue weighted by atomic mass is 10.0. The monoisotopic (exact) mass is 319 g/mol. The molecule has 122 valence electrons. The zero-order chi connectivity index (χ0) is 16.8. The van der Waals surface area contributed by atoms with Gasteiger partial charge in [-0.15, -0.1) is 0 Å². The van der Waals surface area contributed by atoms with Gasteiger partial charge < -0.3 is 5.32 Å². The normalized spacial score (nSPS) is 10.5. The van der Waals surface area contributed by atoms with E-state index in [-0.39, 0.29) is 5.91 Å². The van der Waals surface area contributed by atoms with Crippen molar-refractivity contribution in [2.24, 2.45) is 0 Å². The van der Waals surface area contributed by atoms with Crippen molar-refractivity contribution < 1.29 is 4.79 Å². The van der Waals surface area contributed by atoms with E-state index in [1.807, 2.05) is 47.3 Å². The van der Waals surface area contributed by atoms with E-state index in [0.29, 0.717) is 12.1 Å². The van der Waals surface area contributed by atoms with Crippen molar-refractivity contribution in [3.8, 4) is 11.1 Å². The molecule has 2 aromatic carbocycles. The van der Waals surface area contributed by atoms with E-state index in [1.54, 1.807) is 6.20 Å². The molecule has 24 heavy (non-hydrogen) atoms. The minimum absolute atomic E-state index is 0.0371. The Morgan fingerprint density at radius 2 is 1.88 bits per heavy atom. The number of aromatic nitrogens is 2. The lowest BCUT2D eigenvalue weighted by Crippen LogP contribution is -2.25. The Morgan fingerprint density at radius 3 is 2.62 bits per heavy atom. The minimum Gasteiger partial charge on any atom is -0.352 e. The van der Waals surface area contributed by atoms with Crippen LogP contribution < -0.4 is 5.32 Å². The topological polar surface area (TPSA) is 46.9 Å². The molecule has 0 saturated carbocycles. The van der Waals surface area contributed by atoms with Gasteiger partial charge in [-0.1, -0.05) is 42.0 Å². The first-order valence-electron chi connectivity index (χ1n) is 8.15. The smallest absolute Gasteiger partial charge is 0.251 e. The molecule has 4 nitrogen and oxygen atoms in total. The number of nitrogens with one attached hydrogen (secondary N) is 1. The number of benzene rings is 2. The SMILES string of the molecule is Cc1cccc(-c2cccc(C(=O)NCCCn3cccn3)c2)c1. The van der Waals surface area contributed by atoms with Crippen molar-refractivity contribution >= 4 is 5.91 Å². The third-order valence-corrected chi connectivity index (χ3v) is 3.88. The predicted octanol–water partition coefficient (Wildman–Crippen LogP) is 3.68. The fourth-order valence-electron chi connectivity index (χ4n) is 2.64. The molecule has 0 saturated heterocycles. The highest BCUT2D eigenvalue weighted by Crippen LogP contribution is 2.21. The summed E-state index contributed by atoms with van der Waals surface area (Å²) in [4.78, 5) is 12.3. The molecule has 0 atom stereocenters. The van der Waals surface area contributed by atoms with Crippen molar-refractivity contribution in [2.75, 3.05) is 6.54 Å². The van der Waals surface area contributed by atoms with Crippen LogP contribution in [0.5, 0.6) is 0 Å². The lowest BCUT2D eigenvalue weighted by Gasteiger charge is -2.08. The summed E-state index contributed by atoms with van der Waals surface area (Å²) < 4.78 is 1.87. The van der Waals surface area contributed by atoms with Gasteiger partial charge in [-0.2, -0.15) is 5.10 Å². The van der Waals surface area contributed by atoms with Crippen molar-refractivity contribution in [3.05, 3.63) is 78.1 Å². The summed E-state index contributed by atoms with van der Waals surface area (Å²) in [5.74, 6) is -0.0371. The third kappa shape index (κ3) is 4.10. The molecular formula is C20H21N3O. The number of nitrogens with zero attached hydrogens (tertiary/aromatic N) is 2. The molecule has 1 aromatic heterocycles.